The average molecular weight is 479 g/mol. The van der Waals surface area contributed by atoms with Crippen LogP contribution in [0.4, 0.5) is 0 Å². The van der Waals surface area contributed by atoms with Crippen molar-refractivity contribution in [1.82, 2.24) is 4.98 Å². The van der Waals surface area contributed by atoms with Gasteiger partial charge in [0.2, 0.25) is 5.88 Å². The van der Waals surface area contributed by atoms with E-state index in [4.69, 9.17) is 18.9 Å². The third-order valence-corrected chi connectivity index (χ3v) is 5.63. The van der Waals surface area contributed by atoms with Crippen LogP contribution in [-0.4, -0.2) is 31.1 Å². The Morgan fingerprint density at radius 1 is 0.556 bits per heavy atom. The lowest BCUT2D eigenvalue weighted by molar-refractivity contribution is 0.0592. The summed E-state index contributed by atoms with van der Waals surface area (Å²) in [5.74, 6) is 1.42. The average Bonchev–Trinajstić information content (AvgIpc) is 2.91. The van der Waals surface area contributed by atoms with Gasteiger partial charge in [-0.05, 0) is 76.1 Å². The summed E-state index contributed by atoms with van der Waals surface area (Å²) in [5.41, 5.74) is 0.981. The maximum absolute atomic E-state index is 11.8. The lowest BCUT2D eigenvalue weighted by Gasteiger charge is -2.10. The third-order valence-electron chi connectivity index (χ3n) is 5.63. The van der Waals surface area contributed by atoms with E-state index in [1.807, 2.05) is 48.5 Å². The Kier molecular flexibility index (Phi) is 6.19. The third kappa shape index (κ3) is 4.81. The van der Waals surface area contributed by atoms with E-state index in [0.717, 1.165) is 21.5 Å². The Bertz CT molecular complexity index is 1490. The molecule has 5 aromatic rings. The number of ether oxygens (including phenoxy) is 4. The van der Waals surface area contributed by atoms with E-state index in [9.17, 15) is 9.59 Å². The fourth-order valence-corrected chi connectivity index (χ4v) is 3.83. The highest BCUT2D eigenvalue weighted by atomic mass is 16.5. The molecule has 0 aliphatic carbocycles. The highest BCUT2D eigenvalue weighted by Gasteiger charge is 2.09. The van der Waals surface area contributed by atoms with Gasteiger partial charge in [0, 0.05) is 12.3 Å². The van der Waals surface area contributed by atoms with Gasteiger partial charge in [-0.25, -0.2) is 14.6 Å². The van der Waals surface area contributed by atoms with Crippen molar-refractivity contribution in [3.8, 4) is 23.1 Å². The molecule has 0 fully saturated rings. The quantitative estimate of drug-likeness (QED) is 0.256. The summed E-state index contributed by atoms with van der Waals surface area (Å²) in [5, 5.41) is 3.64. The molecule has 1 aromatic heterocycles. The van der Waals surface area contributed by atoms with Crippen molar-refractivity contribution in [3.05, 3.63) is 102 Å². The summed E-state index contributed by atoms with van der Waals surface area (Å²) < 4.78 is 21.5. The molecule has 0 spiro atoms. The molecular formula is C29H21NO6. The van der Waals surface area contributed by atoms with Crippen LogP contribution in [0.15, 0.2) is 91.1 Å². The van der Waals surface area contributed by atoms with E-state index in [-0.39, 0.29) is 11.9 Å². The Morgan fingerprint density at radius 3 is 1.58 bits per heavy atom. The van der Waals surface area contributed by atoms with Crippen LogP contribution in [0.5, 0.6) is 23.1 Å². The number of carbonyl (C=O) groups is 2. The molecule has 178 valence electrons. The van der Waals surface area contributed by atoms with Crippen LogP contribution in [0.1, 0.15) is 20.7 Å². The molecule has 7 heteroatoms. The number of methoxy groups -OCH3 is 2. The zero-order valence-corrected chi connectivity index (χ0v) is 19.6. The highest BCUT2D eigenvalue weighted by Crippen LogP contribution is 2.30. The van der Waals surface area contributed by atoms with Gasteiger partial charge >= 0.3 is 11.9 Å². The van der Waals surface area contributed by atoms with E-state index in [0.29, 0.717) is 34.3 Å². The largest absolute Gasteiger partial charge is 0.465 e. The van der Waals surface area contributed by atoms with Gasteiger partial charge in [-0.3, -0.25) is 0 Å². The molecule has 5 rings (SSSR count). The summed E-state index contributed by atoms with van der Waals surface area (Å²) >= 11 is 0. The van der Waals surface area contributed by atoms with Crippen LogP contribution in [0.3, 0.4) is 0 Å². The molecule has 0 atom stereocenters. The van der Waals surface area contributed by atoms with Crippen LogP contribution in [0.25, 0.3) is 21.5 Å². The van der Waals surface area contributed by atoms with E-state index < -0.39 is 0 Å². The van der Waals surface area contributed by atoms with Crippen LogP contribution in [0.2, 0.25) is 0 Å². The molecule has 36 heavy (non-hydrogen) atoms. The van der Waals surface area contributed by atoms with Gasteiger partial charge in [0.15, 0.2) is 0 Å². The summed E-state index contributed by atoms with van der Waals surface area (Å²) in [6, 6.07) is 25.3. The number of fused-ring (bicyclic) bond motifs is 2. The molecule has 0 aliphatic rings. The maximum Gasteiger partial charge on any atom is 0.337 e. The van der Waals surface area contributed by atoms with Crippen molar-refractivity contribution in [2.75, 3.05) is 14.2 Å². The van der Waals surface area contributed by atoms with Crippen molar-refractivity contribution in [2.45, 2.75) is 0 Å². The minimum Gasteiger partial charge on any atom is -0.465 e. The maximum atomic E-state index is 11.8. The number of rotatable bonds is 6. The molecule has 0 N–H and O–H groups in total. The standard InChI is InChI=1S/C29H21NO6/c1-33-28(31)22-5-3-20-15-24(9-7-18(20)13-22)35-26-11-12-30-27(17-26)36-25-10-8-19-14-23(29(32)34-2)6-4-21(19)16-25/h3-17H,1-2H3. The fraction of sp³-hybridized carbons (Fsp3) is 0.0690. The van der Waals surface area contributed by atoms with Gasteiger partial charge in [0.1, 0.15) is 17.2 Å². The van der Waals surface area contributed by atoms with Crippen molar-refractivity contribution in [2.24, 2.45) is 0 Å². The highest BCUT2D eigenvalue weighted by molar-refractivity contribution is 5.96. The van der Waals surface area contributed by atoms with Crippen LogP contribution < -0.4 is 9.47 Å². The molecule has 0 radical (unpaired) electrons. The van der Waals surface area contributed by atoms with Gasteiger partial charge in [-0.1, -0.05) is 24.3 Å². The molecular weight excluding hydrogens is 458 g/mol. The van der Waals surface area contributed by atoms with E-state index in [1.54, 1.807) is 42.6 Å². The summed E-state index contributed by atoms with van der Waals surface area (Å²) in [4.78, 5) is 27.8. The molecule has 0 amide bonds. The van der Waals surface area contributed by atoms with Gasteiger partial charge in [-0.2, -0.15) is 0 Å². The molecule has 0 saturated carbocycles. The number of carbonyl (C=O) groups excluding carboxylic acids is 2. The normalized spacial score (nSPS) is 10.7. The smallest absolute Gasteiger partial charge is 0.337 e. The van der Waals surface area contributed by atoms with Crippen LogP contribution >= 0.6 is 0 Å². The topological polar surface area (TPSA) is 84.0 Å². The van der Waals surface area contributed by atoms with Crippen molar-refractivity contribution in [1.29, 1.82) is 0 Å². The molecule has 0 bridgehead atoms. The van der Waals surface area contributed by atoms with E-state index >= 15 is 0 Å². The minimum absolute atomic E-state index is 0.376. The number of hydrogen-bond donors (Lipinski definition) is 0. The molecule has 4 aromatic carbocycles. The molecule has 1 heterocycles. The molecule has 0 saturated heterocycles. The Labute approximate surface area is 206 Å². The second-order valence-corrected chi connectivity index (χ2v) is 7.96. The lowest BCUT2D eigenvalue weighted by atomic mass is 10.1. The Morgan fingerprint density at radius 2 is 1.03 bits per heavy atom. The van der Waals surface area contributed by atoms with E-state index in [1.165, 1.54) is 14.2 Å². The number of esters is 2. The van der Waals surface area contributed by atoms with Gasteiger partial charge in [0.05, 0.1) is 25.3 Å². The summed E-state index contributed by atoms with van der Waals surface area (Å²) in [6.07, 6.45) is 1.61. The fourth-order valence-electron chi connectivity index (χ4n) is 3.83. The summed E-state index contributed by atoms with van der Waals surface area (Å²) in [6.45, 7) is 0. The first-order chi connectivity index (χ1) is 17.5. The second-order valence-electron chi connectivity index (χ2n) is 7.96. The number of hydrogen-bond acceptors (Lipinski definition) is 7. The zero-order valence-electron chi connectivity index (χ0n) is 19.6. The summed E-state index contributed by atoms with van der Waals surface area (Å²) in [7, 11) is 2.72. The van der Waals surface area contributed by atoms with Crippen LogP contribution in [-0.2, 0) is 9.47 Å². The number of pyridine rings is 1. The molecule has 0 aliphatic heterocycles. The Hall–Kier alpha value is -4.91. The van der Waals surface area contributed by atoms with Crippen molar-refractivity contribution >= 4 is 33.5 Å². The van der Waals surface area contributed by atoms with Crippen LogP contribution in [0, 0.1) is 0 Å². The SMILES string of the molecule is COC(=O)c1ccc2cc(Oc3ccnc(Oc4ccc5cc(C(=O)OC)ccc5c4)c3)ccc2c1. The molecule has 0 unspecified atom stereocenters. The predicted octanol–water partition coefficient (Wildman–Crippen LogP) is 6.55. The second kappa shape index (κ2) is 9.76. The van der Waals surface area contributed by atoms with Gasteiger partial charge in [0.25, 0.3) is 0 Å². The first kappa shape index (κ1) is 22.9. The monoisotopic (exact) mass is 479 g/mol. The lowest BCUT2D eigenvalue weighted by Crippen LogP contribution is -2.00. The first-order valence-electron chi connectivity index (χ1n) is 11.1. The molecule has 7 nitrogen and oxygen atoms in total. The Balaban J connectivity index is 1.33. The number of nitrogens with zero attached hydrogens (tertiary/aromatic N) is 1. The van der Waals surface area contributed by atoms with E-state index in [2.05, 4.69) is 4.98 Å². The predicted molar refractivity (Wildman–Crippen MR) is 135 cm³/mol. The zero-order chi connectivity index (χ0) is 25.1. The van der Waals surface area contributed by atoms with Gasteiger partial charge < -0.3 is 18.9 Å². The minimum atomic E-state index is -0.379. The van der Waals surface area contributed by atoms with Crippen molar-refractivity contribution < 1.29 is 28.5 Å². The van der Waals surface area contributed by atoms with Crippen molar-refractivity contribution in [3.63, 3.8) is 0 Å². The van der Waals surface area contributed by atoms with Gasteiger partial charge in [-0.15, -0.1) is 0 Å². The number of aromatic nitrogens is 1. The number of benzene rings is 4. The first-order valence-corrected chi connectivity index (χ1v) is 11.1.